The number of hydrogen-bond acceptors (Lipinski definition) is 12. The molecule has 2 aromatic carbocycles. The highest BCUT2D eigenvalue weighted by atomic mass is 16.7. The number of aliphatic hydroxyl groups is 3. The van der Waals surface area contributed by atoms with E-state index in [4.69, 9.17) is 23.7 Å². The summed E-state index contributed by atoms with van der Waals surface area (Å²) < 4.78 is 26.2. The molecule has 0 aromatic heterocycles. The standard InChI is InChI=1S/C21H24O12/c1-29-14-7-10(3-4-11(14)23)31-21-19(17(27)16(26)15(8-22)32-21)33-20(28)9-5-12(24)18(30-2)13(25)6-9/h3-7,15-17,19,21-27H,8H2,1-2H3/t15-,16-,17+,19-,21-/m1/s1. The Morgan fingerprint density at radius 1 is 0.970 bits per heavy atom. The fourth-order valence-electron chi connectivity index (χ4n) is 3.26. The summed E-state index contributed by atoms with van der Waals surface area (Å²) in [5.74, 6) is -2.42. The smallest absolute Gasteiger partial charge is 0.339 e. The van der Waals surface area contributed by atoms with Gasteiger partial charge < -0.3 is 54.3 Å². The van der Waals surface area contributed by atoms with E-state index in [9.17, 15) is 35.4 Å². The minimum Gasteiger partial charge on any atom is -0.504 e. The van der Waals surface area contributed by atoms with Crippen molar-refractivity contribution in [3.05, 3.63) is 35.9 Å². The highest BCUT2D eigenvalue weighted by Gasteiger charge is 2.48. The molecule has 1 saturated heterocycles. The lowest BCUT2D eigenvalue weighted by molar-refractivity contribution is -0.276. The number of carbonyl (C=O) groups excluding carboxylic acids is 1. The number of ether oxygens (including phenoxy) is 5. The predicted molar refractivity (Wildman–Crippen MR) is 109 cm³/mol. The van der Waals surface area contributed by atoms with Crippen molar-refractivity contribution in [1.29, 1.82) is 0 Å². The van der Waals surface area contributed by atoms with E-state index in [0.29, 0.717) is 0 Å². The quantitative estimate of drug-likeness (QED) is 0.296. The molecule has 6 N–H and O–H groups in total. The molecule has 33 heavy (non-hydrogen) atoms. The third kappa shape index (κ3) is 4.98. The topological polar surface area (TPSA) is 185 Å². The van der Waals surface area contributed by atoms with E-state index in [0.717, 1.165) is 12.1 Å². The maximum atomic E-state index is 12.7. The number of rotatable bonds is 7. The van der Waals surface area contributed by atoms with Crippen molar-refractivity contribution in [3.63, 3.8) is 0 Å². The number of methoxy groups -OCH3 is 2. The van der Waals surface area contributed by atoms with Crippen LogP contribution in [-0.2, 0) is 9.47 Å². The van der Waals surface area contributed by atoms with Gasteiger partial charge in [-0.1, -0.05) is 0 Å². The second kappa shape index (κ2) is 10.0. The third-order valence-corrected chi connectivity index (χ3v) is 4.96. The first kappa shape index (κ1) is 24.2. The molecule has 0 radical (unpaired) electrons. The van der Waals surface area contributed by atoms with Crippen LogP contribution in [0.1, 0.15) is 10.4 Å². The van der Waals surface area contributed by atoms with Crippen molar-refractivity contribution < 1.29 is 59.1 Å². The van der Waals surface area contributed by atoms with Crippen molar-refractivity contribution in [2.45, 2.75) is 30.7 Å². The molecule has 12 heteroatoms. The SMILES string of the molecule is COc1cc(O[C@@H]2O[C@H](CO)[C@@H](O)[C@H](O)[C@H]2OC(=O)c2cc(O)c(OC)c(O)c2)ccc1O. The molecule has 5 atom stereocenters. The Hall–Kier alpha value is -3.45. The Kier molecular flexibility index (Phi) is 7.33. The molecule has 3 rings (SSSR count). The van der Waals surface area contributed by atoms with Crippen molar-refractivity contribution in [3.8, 4) is 34.5 Å². The van der Waals surface area contributed by atoms with Crippen molar-refractivity contribution in [2.75, 3.05) is 20.8 Å². The third-order valence-electron chi connectivity index (χ3n) is 4.96. The molecule has 0 spiro atoms. The Morgan fingerprint density at radius 2 is 1.64 bits per heavy atom. The predicted octanol–water partition coefficient (Wildman–Crippen LogP) is -0.136. The summed E-state index contributed by atoms with van der Waals surface area (Å²) in [6, 6.07) is 5.89. The van der Waals surface area contributed by atoms with E-state index >= 15 is 0 Å². The van der Waals surface area contributed by atoms with Gasteiger partial charge in [0, 0.05) is 6.07 Å². The van der Waals surface area contributed by atoms with Gasteiger partial charge in [-0.05, 0) is 24.3 Å². The van der Waals surface area contributed by atoms with Gasteiger partial charge in [-0.3, -0.25) is 0 Å². The minimum atomic E-state index is -1.73. The number of phenolic OH excluding ortho intramolecular Hbond substituents is 3. The number of phenols is 3. The average molecular weight is 468 g/mol. The molecule has 0 unspecified atom stereocenters. The number of carbonyl (C=O) groups is 1. The van der Waals surface area contributed by atoms with Gasteiger partial charge in [0.1, 0.15) is 24.1 Å². The second-order valence-corrected chi connectivity index (χ2v) is 7.08. The molecule has 2 aromatic rings. The number of benzene rings is 2. The zero-order valence-corrected chi connectivity index (χ0v) is 17.6. The number of aliphatic hydroxyl groups excluding tert-OH is 3. The van der Waals surface area contributed by atoms with E-state index in [1.165, 1.54) is 32.4 Å². The summed E-state index contributed by atoms with van der Waals surface area (Å²) in [5.41, 5.74) is -0.290. The summed E-state index contributed by atoms with van der Waals surface area (Å²) >= 11 is 0. The van der Waals surface area contributed by atoms with E-state index in [-0.39, 0.29) is 28.6 Å². The summed E-state index contributed by atoms with van der Waals surface area (Å²) in [4.78, 5) is 12.7. The molecule has 12 nitrogen and oxygen atoms in total. The van der Waals surface area contributed by atoms with E-state index in [2.05, 4.69) is 0 Å². The van der Waals surface area contributed by atoms with Gasteiger partial charge in [0.25, 0.3) is 0 Å². The number of aromatic hydroxyl groups is 3. The molecule has 1 aliphatic heterocycles. The Morgan fingerprint density at radius 3 is 2.21 bits per heavy atom. The molecule has 1 heterocycles. The first-order valence-corrected chi connectivity index (χ1v) is 9.67. The Bertz CT molecular complexity index is 970. The first-order valence-electron chi connectivity index (χ1n) is 9.67. The lowest BCUT2D eigenvalue weighted by Gasteiger charge is -2.41. The van der Waals surface area contributed by atoms with Gasteiger partial charge in [0.2, 0.25) is 12.0 Å². The van der Waals surface area contributed by atoms with Gasteiger partial charge in [-0.15, -0.1) is 0 Å². The first-order chi connectivity index (χ1) is 15.7. The van der Waals surface area contributed by atoms with Crippen LogP contribution in [0.15, 0.2) is 30.3 Å². The number of hydrogen-bond donors (Lipinski definition) is 6. The highest BCUT2D eigenvalue weighted by molar-refractivity contribution is 5.91. The summed E-state index contributed by atoms with van der Waals surface area (Å²) in [6.45, 7) is -0.669. The average Bonchev–Trinajstić information content (AvgIpc) is 2.79. The summed E-state index contributed by atoms with van der Waals surface area (Å²) in [5, 5.41) is 59.8. The van der Waals surface area contributed by atoms with Crippen LogP contribution in [0.3, 0.4) is 0 Å². The van der Waals surface area contributed by atoms with Crippen LogP contribution >= 0.6 is 0 Å². The van der Waals surface area contributed by atoms with Crippen LogP contribution in [0.5, 0.6) is 34.5 Å². The van der Waals surface area contributed by atoms with E-state index in [1.807, 2.05) is 0 Å². The van der Waals surface area contributed by atoms with Gasteiger partial charge in [0.15, 0.2) is 29.1 Å². The molecule has 0 amide bonds. The van der Waals surface area contributed by atoms with Crippen molar-refractivity contribution >= 4 is 5.97 Å². The fourth-order valence-corrected chi connectivity index (χ4v) is 3.26. The highest BCUT2D eigenvalue weighted by Crippen LogP contribution is 2.37. The Balaban J connectivity index is 1.88. The van der Waals surface area contributed by atoms with Crippen molar-refractivity contribution in [1.82, 2.24) is 0 Å². The normalized spacial score (nSPS) is 24.7. The van der Waals surface area contributed by atoms with Gasteiger partial charge in [-0.25, -0.2) is 4.79 Å². The van der Waals surface area contributed by atoms with Crippen LogP contribution in [0, 0.1) is 0 Å². The lowest BCUT2D eigenvalue weighted by Crippen LogP contribution is -2.61. The molecule has 1 aliphatic rings. The molecule has 0 bridgehead atoms. The van der Waals surface area contributed by atoms with Gasteiger partial charge in [0.05, 0.1) is 26.4 Å². The Labute approximate surface area is 187 Å². The molecule has 0 aliphatic carbocycles. The summed E-state index contributed by atoms with van der Waals surface area (Å²) in [6.07, 6.45) is -7.71. The van der Waals surface area contributed by atoms with Crippen LogP contribution in [0.4, 0.5) is 0 Å². The summed E-state index contributed by atoms with van der Waals surface area (Å²) in [7, 11) is 2.53. The molecular formula is C21H24O12. The molecular weight excluding hydrogens is 444 g/mol. The zero-order valence-electron chi connectivity index (χ0n) is 17.6. The van der Waals surface area contributed by atoms with E-state index in [1.54, 1.807) is 0 Å². The van der Waals surface area contributed by atoms with E-state index < -0.39 is 54.8 Å². The van der Waals surface area contributed by atoms with Gasteiger partial charge in [-0.2, -0.15) is 0 Å². The number of esters is 1. The second-order valence-electron chi connectivity index (χ2n) is 7.08. The van der Waals surface area contributed by atoms with Crippen LogP contribution < -0.4 is 14.2 Å². The maximum Gasteiger partial charge on any atom is 0.339 e. The van der Waals surface area contributed by atoms with Crippen molar-refractivity contribution in [2.24, 2.45) is 0 Å². The van der Waals surface area contributed by atoms with Crippen LogP contribution in [0.25, 0.3) is 0 Å². The van der Waals surface area contributed by atoms with Crippen LogP contribution in [0.2, 0.25) is 0 Å². The van der Waals surface area contributed by atoms with Gasteiger partial charge >= 0.3 is 5.97 Å². The largest absolute Gasteiger partial charge is 0.504 e. The minimum absolute atomic E-state index is 0.0697. The zero-order chi connectivity index (χ0) is 24.3. The molecule has 1 fully saturated rings. The maximum absolute atomic E-state index is 12.7. The van der Waals surface area contributed by atoms with Crippen LogP contribution in [-0.4, -0.2) is 88.1 Å². The molecule has 180 valence electrons. The molecule has 0 saturated carbocycles. The fraction of sp³-hybridized carbons (Fsp3) is 0.381. The monoisotopic (exact) mass is 468 g/mol. The lowest BCUT2D eigenvalue weighted by atomic mass is 9.99.